The minimum absolute atomic E-state index is 0.127. The quantitative estimate of drug-likeness (QED) is 0.632. The van der Waals surface area contributed by atoms with Crippen LogP contribution in [0.1, 0.15) is 55.9 Å². The number of amides is 3. The third-order valence-corrected chi connectivity index (χ3v) is 7.39. The van der Waals surface area contributed by atoms with Crippen molar-refractivity contribution >= 4 is 29.3 Å². The Morgan fingerprint density at radius 1 is 1.11 bits per heavy atom. The number of nitrogens with zero attached hydrogens (tertiary/aromatic N) is 2. The summed E-state index contributed by atoms with van der Waals surface area (Å²) in [7, 11) is 0. The molecule has 4 rings (SSSR count). The zero-order valence-corrected chi connectivity index (χ0v) is 21.3. The van der Waals surface area contributed by atoms with E-state index in [1.165, 1.54) is 0 Å². The Kier molecular flexibility index (Phi) is 8.64. The van der Waals surface area contributed by atoms with Crippen molar-refractivity contribution in [2.75, 3.05) is 32.8 Å². The van der Waals surface area contributed by atoms with E-state index in [2.05, 4.69) is 15.8 Å². The van der Waals surface area contributed by atoms with Gasteiger partial charge in [0.05, 0.1) is 10.4 Å². The molecule has 3 heterocycles. The van der Waals surface area contributed by atoms with Gasteiger partial charge in [-0.2, -0.15) is 0 Å². The van der Waals surface area contributed by atoms with Crippen LogP contribution in [0, 0.1) is 5.41 Å². The smallest absolute Gasteiger partial charge is 0.276 e. The van der Waals surface area contributed by atoms with Gasteiger partial charge in [0.25, 0.3) is 5.91 Å². The molecule has 1 spiro atoms. The average Bonchev–Trinajstić information content (AvgIpc) is 3.37. The first kappa shape index (κ1) is 26.2. The molecule has 36 heavy (non-hydrogen) atoms. The Labute approximate surface area is 215 Å². The molecule has 1 atom stereocenters. The Bertz CT molecular complexity index is 1080. The maximum Gasteiger partial charge on any atom is 0.276 e. The highest BCUT2D eigenvalue weighted by molar-refractivity contribution is 6.33. The van der Waals surface area contributed by atoms with Crippen molar-refractivity contribution in [1.29, 1.82) is 0 Å². The van der Waals surface area contributed by atoms with Crippen LogP contribution in [-0.2, 0) is 14.3 Å². The molecule has 2 N–H and O–H groups in total. The van der Waals surface area contributed by atoms with E-state index in [-0.39, 0.29) is 23.4 Å². The van der Waals surface area contributed by atoms with Gasteiger partial charge in [-0.15, -0.1) is 0 Å². The lowest BCUT2D eigenvalue weighted by molar-refractivity contribution is -0.137. The van der Waals surface area contributed by atoms with Crippen LogP contribution in [0.15, 0.2) is 34.9 Å². The first-order chi connectivity index (χ1) is 17.4. The largest absolute Gasteiger partial charge is 0.381 e. The van der Waals surface area contributed by atoms with Crippen LogP contribution in [0.4, 0.5) is 0 Å². The fraction of sp³-hybridized carbons (Fsp3) is 0.538. The summed E-state index contributed by atoms with van der Waals surface area (Å²) in [5.74, 6) is -0.145. The molecule has 0 radical (unpaired) electrons. The zero-order valence-electron chi connectivity index (χ0n) is 20.6. The second-order valence-electron chi connectivity index (χ2n) is 9.54. The second-order valence-corrected chi connectivity index (χ2v) is 9.95. The fourth-order valence-electron chi connectivity index (χ4n) is 4.78. The highest BCUT2D eigenvalue weighted by Crippen LogP contribution is 2.38. The van der Waals surface area contributed by atoms with Gasteiger partial charge in [0.15, 0.2) is 11.5 Å². The number of carbonyl (C=O) groups is 3. The monoisotopic (exact) mass is 516 g/mol. The Balaban J connectivity index is 1.43. The normalized spacial score (nSPS) is 21.9. The molecule has 0 aliphatic carbocycles. The number of piperidine rings is 1. The number of benzene rings is 1. The number of rotatable bonds is 2. The number of nitrogens with one attached hydrogen (secondary N) is 2. The van der Waals surface area contributed by atoms with Crippen LogP contribution < -0.4 is 10.6 Å². The molecule has 1 aromatic heterocycles. The van der Waals surface area contributed by atoms with Crippen molar-refractivity contribution in [3.8, 4) is 11.3 Å². The van der Waals surface area contributed by atoms with Gasteiger partial charge < -0.3 is 24.8 Å². The number of ether oxygens (including phenoxy) is 1. The fourth-order valence-corrected chi connectivity index (χ4v) is 5.01. The van der Waals surface area contributed by atoms with Gasteiger partial charge in [0.1, 0.15) is 6.04 Å². The van der Waals surface area contributed by atoms with Crippen molar-refractivity contribution in [3.63, 3.8) is 0 Å². The standard InChI is InChI=1S/C26H33ClN4O5/c1-18-23(32)28-12-6-16-35-15-5-4-9-26(25(34)29-18)10-13-31(14-11-26)24(33)21-17-22(36-30-21)19-7-2-3-8-20(19)27/h2-3,7-8,17-18H,4-6,9-16H2,1H3,(H,28,32)(H,29,34)/t18-/m0/s1. The molecule has 0 saturated carbocycles. The Hall–Kier alpha value is -2.91. The van der Waals surface area contributed by atoms with Gasteiger partial charge >= 0.3 is 0 Å². The van der Waals surface area contributed by atoms with Crippen molar-refractivity contribution in [2.45, 2.75) is 51.5 Å². The molecule has 3 amide bonds. The van der Waals surface area contributed by atoms with Crippen LogP contribution in [0.2, 0.25) is 5.02 Å². The van der Waals surface area contributed by atoms with Crippen molar-refractivity contribution in [1.82, 2.24) is 20.7 Å². The summed E-state index contributed by atoms with van der Waals surface area (Å²) in [5, 5.41) is 10.3. The van der Waals surface area contributed by atoms with E-state index in [1.54, 1.807) is 30.0 Å². The summed E-state index contributed by atoms with van der Waals surface area (Å²) in [6.07, 6.45) is 4.14. The Morgan fingerprint density at radius 3 is 2.64 bits per heavy atom. The molecule has 0 bridgehead atoms. The minimum atomic E-state index is -0.637. The summed E-state index contributed by atoms with van der Waals surface area (Å²) in [6.45, 7) is 4.27. The summed E-state index contributed by atoms with van der Waals surface area (Å²) in [4.78, 5) is 40.6. The van der Waals surface area contributed by atoms with E-state index in [1.807, 2.05) is 12.1 Å². The molecule has 1 aromatic carbocycles. The molecule has 2 fully saturated rings. The number of carbonyl (C=O) groups excluding carboxylic acids is 3. The van der Waals surface area contributed by atoms with E-state index < -0.39 is 11.5 Å². The van der Waals surface area contributed by atoms with Crippen LogP contribution in [0.3, 0.4) is 0 Å². The van der Waals surface area contributed by atoms with Gasteiger partial charge in [-0.05, 0) is 51.2 Å². The Morgan fingerprint density at radius 2 is 1.86 bits per heavy atom. The van der Waals surface area contributed by atoms with Gasteiger partial charge in [0, 0.05) is 44.5 Å². The summed E-state index contributed by atoms with van der Waals surface area (Å²) in [6, 6.07) is 8.18. The third-order valence-electron chi connectivity index (χ3n) is 7.06. The van der Waals surface area contributed by atoms with E-state index in [0.717, 1.165) is 19.3 Å². The zero-order chi connectivity index (χ0) is 25.5. The van der Waals surface area contributed by atoms with Crippen molar-refractivity contribution < 1.29 is 23.6 Å². The second kappa shape index (κ2) is 11.9. The van der Waals surface area contributed by atoms with Crippen LogP contribution >= 0.6 is 11.6 Å². The number of aromatic nitrogens is 1. The number of halogens is 1. The summed E-state index contributed by atoms with van der Waals surface area (Å²) < 4.78 is 11.0. The highest BCUT2D eigenvalue weighted by Gasteiger charge is 2.43. The predicted octanol–water partition coefficient (Wildman–Crippen LogP) is 3.43. The van der Waals surface area contributed by atoms with Crippen LogP contribution in [0.25, 0.3) is 11.3 Å². The molecular weight excluding hydrogens is 484 g/mol. The molecule has 194 valence electrons. The number of hydrogen-bond donors (Lipinski definition) is 2. The lowest BCUT2D eigenvalue weighted by atomic mass is 9.73. The van der Waals surface area contributed by atoms with Crippen LogP contribution in [0.5, 0.6) is 0 Å². The van der Waals surface area contributed by atoms with Crippen molar-refractivity contribution in [3.05, 3.63) is 41.0 Å². The summed E-state index contributed by atoms with van der Waals surface area (Å²) in [5.41, 5.74) is 0.239. The first-order valence-corrected chi connectivity index (χ1v) is 12.9. The molecule has 2 saturated heterocycles. The van der Waals surface area contributed by atoms with Gasteiger partial charge in [-0.1, -0.05) is 35.3 Å². The predicted molar refractivity (Wildman–Crippen MR) is 134 cm³/mol. The van der Waals surface area contributed by atoms with E-state index in [4.69, 9.17) is 20.9 Å². The molecule has 2 aliphatic rings. The lowest BCUT2D eigenvalue weighted by Crippen LogP contribution is -2.54. The van der Waals surface area contributed by atoms with Crippen LogP contribution in [-0.4, -0.2) is 66.7 Å². The molecule has 2 aromatic rings. The molecule has 2 aliphatic heterocycles. The summed E-state index contributed by atoms with van der Waals surface area (Å²) >= 11 is 6.24. The lowest BCUT2D eigenvalue weighted by Gasteiger charge is -2.41. The van der Waals surface area contributed by atoms with Gasteiger partial charge in [-0.3, -0.25) is 14.4 Å². The highest BCUT2D eigenvalue weighted by atomic mass is 35.5. The minimum Gasteiger partial charge on any atom is -0.381 e. The molecule has 10 heteroatoms. The maximum atomic E-state index is 13.4. The van der Waals surface area contributed by atoms with Gasteiger partial charge in [-0.25, -0.2) is 0 Å². The van der Waals surface area contributed by atoms with E-state index in [9.17, 15) is 14.4 Å². The SMILES string of the molecule is C[C@@H]1NC(=O)C2(CCCCOCCCNC1=O)CCN(C(=O)c1cc(-c3ccccc3Cl)on1)CC2. The average molecular weight is 517 g/mol. The number of likely N-dealkylation sites (tertiary alicyclic amines) is 1. The first-order valence-electron chi connectivity index (χ1n) is 12.6. The molecule has 0 unspecified atom stereocenters. The number of hydrogen-bond acceptors (Lipinski definition) is 6. The molecular formula is C26H33ClN4O5. The van der Waals surface area contributed by atoms with Gasteiger partial charge in [0.2, 0.25) is 11.8 Å². The topological polar surface area (TPSA) is 114 Å². The maximum absolute atomic E-state index is 13.4. The van der Waals surface area contributed by atoms with Crippen molar-refractivity contribution in [2.24, 2.45) is 5.41 Å². The van der Waals surface area contributed by atoms with E-state index >= 15 is 0 Å². The third kappa shape index (κ3) is 6.07. The van der Waals surface area contributed by atoms with E-state index in [0.29, 0.717) is 68.5 Å². The molecule has 9 nitrogen and oxygen atoms in total.